The van der Waals surface area contributed by atoms with Crippen LogP contribution in [0.15, 0.2) is 55.0 Å². The number of rotatable bonds is 7. The Labute approximate surface area is 145 Å². The Bertz CT molecular complexity index is 778. The molecule has 1 atom stereocenters. The molecule has 0 amide bonds. The third kappa shape index (κ3) is 4.41. The maximum absolute atomic E-state index is 6.05. The van der Waals surface area contributed by atoms with Crippen molar-refractivity contribution in [2.45, 2.75) is 12.5 Å². The highest BCUT2D eigenvalue weighted by atomic mass is 16.5. The summed E-state index contributed by atoms with van der Waals surface area (Å²) in [4.78, 5) is 16.7. The molecular formula is C18H18N4O3. The second-order valence-electron chi connectivity index (χ2n) is 5.16. The van der Waals surface area contributed by atoms with Gasteiger partial charge in [0.25, 0.3) is 0 Å². The molecule has 0 fully saturated rings. The number of nitrogens with zero attached hydrogens (tertiary/aromatic N) is 4. The van der Waals surface area contributed by atoms with Gasteiger partial charge in [-0.15, -0.1) is 0 Å². The minimum Gasteiger partial charge on any atom is -0.481 e. The van der Waals surface area contributed by atoms with Gasteiger partial charge in [-0.3, -0.25) is 0 Å². The molecule has 3 rings (SSSR count). The van der Waals surface area contributed by atoms with Crippen LogP contribution in [0.2, 0.25) is 0 Å². The predicted octanol–water partition coefficient (Wildman–Crippen LogP) is 2.65. The lowest BCUT2D eigenvalue weighted by Crippen LogP contribution is -2.14. The molecule has 0 saturated carbocycles. The normalized spacial score (nSPS) is 11.6. The van der Waals surface area contributed by atoms with Crippen LogP contribution in [0.1, 0.15) is 17.4 Å². The molecule has 0 spiro atoms. The molecule has 2 aromatic heterocycles. The number of hydrogen-bond donors (Lipinski definition) is 0. The van der Waals surface area contributed by atoms with Crippen molar-refractivity contribution >= 4 is 0 Å². The van der Waals surface area contributed by atoms with Crippen LogP contribution < -0.4 is 14.2 Å². The van der Waals surface area contributed by atoms with Crippen LogP contribution in [0, 0.1) is 0 Å². The van der Waals surface area contributed by atoms with Gasteiger partial charge in [-0.05, 0) is 11.6 Å². The van der Waals surface area contributed by atoms with E-state index < -0.39 is 0 Å². The summed E-state index contributed by atoms with van der Waals surface area (Å²) >= 11 is 0. The van der Waals surface area contributed by atoms with Crippen molar-refractivity contribution in [2.24, 2.45) is 0 Å². The first-order chi connectivity index (χ1) is 12.3. The van der Waals surface area contributed by atoms with Crippen LogP contribution in [-0.4, -0.2) is 34.2 Å². The maximum atomic E-state index is 6.05. The van der Waals surface area contributed by atoms with Crippen LogP contribution in [0.25, 0.3) is 0 Å². The molecule has 0 saturated heterocycles. The summed E-state index contributed by atoms with van der Waals surface area (Å²) < 4.78 is 16.4. The Kier molecular flexibility index (Phi) is 5.36. The number of aromatic nitrogens is 4. The van der Waals surface area contributed by atoms with E-state index >= 15 is 0 Å². The summed E-state index contributed by atoms with van der Waals surface area (Å²) in [6.45, 7) is 0. The largest absolute Gasteiger partial charge is 0.481 e. The minimum atomic E-state index is -0.312. The average Bonchev–Trinajstić information content (AvgIpc) is 2.68. The lowest BCUT2D eigenvalue weighted by Gasteiger charge is -2.18. The number of methoxy groups -OCH3 is 2. The molecular weight excluding hydrogens is 320 g/mol. The summed E-state index contributed by atoms with van der Waals surface area (Å²) in [6, 6.07) is 13.5. The molecule has 0 aliphatic heterocycles. The second-order valence-corrected chi connectivity index (χ2v) is 5.16. The summed E-state index contributed by atoms with van der Waals surface area (Å²) in [7, 11) is 3.06. The molecule has 128 valence electrons. The van der Waals surface area contributed by atoms with E-state index in [1.807, 2.05) is 36.4 Å². The van der Waals surface area contributed by atoms with E-state index in [0.717, 1.165) is 11.3 Å². The van der Waals surface area contributed by atoms with Crippen LogP contribution >= 0.6 is 0 Å². The fraction of sp³-hybridized carbons (Fsp3) is 0.222. The Morgan fingerprint density at radius 1 is 0.960 bits per heavy atom. The molecule has 25 heavy (non-hydrogen) atoms. The Balaban J connectivity index is 1.90. The highest BCUT2D eigenvalue weighted by Gasteiger charge is 2.18. The summed E-state index contributed by atoms with van der Waals surface area (Å²) in [5, 5.41) is 0. The molecule has 1 unspecified atom stereocenters. The molecule has 0 bridgehead atoms. The van der Waals surface area contributed by atoms with Crippen molar-refractivity contribution in [1.29, 1.82) is 0 Å². The molecule has 2 heterocycles. The zero-order valence-electron chi connectivity index (χ0n) is 14.0. The van der Waals surface area contributed by atoms with Crippen molar-refractivity contribution in [3.63, 3.8) is 0 Å². The second kappa shape index (κ2) is 8.05. The molecule has 0 N–H and O–H groups in total. The molecule has 3 aromatic rings. The fourth-order valence-electron chi connectivity index (χ4n) is 2.30. The van der Waals surface area contributed by atoms with Crippen molar-refractivity contribution in [1.82, 2.24) is 19.9 Å². The van der Waals surface area contributed by atoms with Gasteiger partial charge in [-0.1, -0.05) is 30.3 Å². The third-order valence-corrected chi connectivity index (χ3v) is 3.53. The summed E-state index contributed by atoms with van der Waals surface area (Å²) in [5.74, 6) is 0.742. The minimum absolute atomic E-state index is 0.180. The molecule has 0 aliphatic carbocycles. The van der Waals surface area contributed by atoms with E-state index in [0.29, 0.717) is 18.2 Å². The van der Waals surface area contributed by atoms with Gasteiger partial charge >= 0.3 is 6.01 Å². The maximum Gasteiger partial charge on any atom is 0.323 e. The zero-order valence-corrected chi connectivity index (χ0v) is 14.0. The lowest BCUT2D eigenvalue weighted by atomic mass is 10.0. The lowest BCUT2D eigenvalue weighted by molar-refractivity contribution is 0.181. The SMILES string of the molecule is COc1cc(OC)nc(OC(Cc2ccncn2)c2ccccc2)n1. The highest BCUT2D eigenvalue weighted by Crippen LogP contribution is 2.26. The first kappa shape index (κ1) is 16.6. The monoisotopic (exact) mass is 338 g/mol. The van der Waals surface area contributed by atoms with Gasteiger partial charge in [-0.25, -0.2) is 9.97 Å². The smallest absolute Gasteiger partial charge is 0.323 e. The fourth-order valence-corrected chi connectivity index (χ4v) is 2.30. The number of ether oxygens (including phenoxy) is 3. The predicted molar refractivity (Wildman–Crippen MR) is 90.7 cm³/mol. The quantitative estimate of drug-likeness (QED) is 0.655. The summed E-state index contributed by atoms with van der Waals surface area (Å²) in [5.41, 5.74) is 1.85. The zero-order chi connectivity index (χ0) is 17.5. The number of benzene rings is 1. The third-order valence-electron chi connectivity index (χ3n) is 3.53. The Morgan fingerprint density at radius 3 is 2.28 bits per heavy atom. The van der Waals surface area contributed by atoms with E-state index in [1.165, 1.54) is 20.5 Å². The van der Waals surface area contributed by atoms with Gasteiger partial charge in [0.15, 0.2) is 0 Å². The first-order valence-electron chi connectivity index (χ1n) is 7.72. The van der Waals surface area contributed by atoms with Crippen LogP contribution in [-0.2, 0) is 6.42 Å². The van der Waals surface area contributed by atoms with E-state index in [9.17, 15) is 0 Å². The topological polar surface area (TPSA) is 79.2 Å². The molecule has 0 radical (unpaired) electrons. The highest BCUT2D eigenvalue weighted by molar-refractivity contribution is 5.25. The standard InChI is InChI=1S/C18H18N4O3/c1-23-16-11-17(24-2)22-18(21-16)25-15(13-6-4-3-5-7-13)10-14-8-9-19-12-20-14/h3-9,11-12,15H,10H2,1-2H3. The Morgan fingerprint density at radius 2 is 1.68 bits per heavy atom. The average molecular weight is 338 g/mol. The first-order valence-corrected chi connectivity index (χ1v) is 7.72. The van der Waals surface area contributed by atoms with Gasteiger partial charge in [0.05, 0.1) is 20.3 Å². The molecule has 7 heteroatoms. The van der Waals surface area contributed by atoms with Crippen molar-refractivity contribution in [3.05, 3.63) is 66.2 Å². The van der Waals surface area contributed by atoms with Crippen LogP contribution in [0.5, 0.6) is 17.8 Å². The van der Waals surface area contributed by atoms with E-state index in [2.05, 4.69) is 19.9 Å². The van der Waals surface area contributed by atoms with Gasteiger partial charge in [-0.2, -0.15) is 9.97 Å². The number of hydrogen-bond acceptors (Lipinski definition) is 7. The van der Waals surface area contributed by atoms with Gasteiger partial charge in [0.1, 0.15) is 12.4 Å². The van der Waals surface area contributed by atoms with E-state index in [-0.39, 0.29) is 12.1 Å². The van der Waals surface area contributed by atoms with E-state index in [1.54, 1.807) is 12.3 Å². The van der Waals surface area contributed by atoms with Crippen molar-refractivity contribution in [2.75, 3.05) is 14.2 Å². The molecule has 7 nitrogen and oxygen atoms in total. The van der Waals surface area contributed by atoms with Gasteiger partial charge in [0, 0.05) is 18.3 Å². The van der Waals surface area contributed by atoms with Gasteiger partial charge in [0.2, 0.25) is 11.8 Å². The van der Waals surface area contributed by atoms with Crippen molar-refractivity contribution in [3.8, 4) is 17.8 Å². The molecule has 0 aliphatic rings. The summed E-state index contributed by atoms with van der Waals surface area (Å²) in [6.07, 6.45) is 3.46. The van der Waals surface area contributed by atoms with Crippen molar-refractivity contribution < 1.29 is 14.2 Å². The molecule has 1 aromatic carbocycles. The Hall–Kier alpha value is -3.22. The van der Waals surface area contributed by atoms with Crippen LogP contribution in [0.4, 0.5) is 0 Å². The van der Waals surface area contributed by atoms with Gasteiger partial charge < -0.3 is 14.2 Å². The van der Waals surface area contributed by atoms with Crippen LogP contribution in [0.3, 0.4) is 0 Å². The van der Waals surface area contributed by atoms with E-state index in [4.69, 9.17) is 14.2 Å².